The molecule has 0 bridgehead atoms. The molecule has 2 aromatic carbocycles. The fraction of sp³-hybridized carbons (Fsp3) is 0.370. The second-order valence-corrected chi connectivity index (χ2v) is 10.7. The topological polar surface area (TPSA) is 66.2 Å². The van der Waals surface area contributed by atoms with E-state index in [1.54, 1.807) is 30.5 Å². The van der Waals surface area contributed by atoms with Gasteiger partial charge in [0.05, 0.1) is 24.3 Å². The van der Waals surface area contributed by atoms with Crippen molar-refractivity contribution in [1.82, 2.24) is 9.88 Å². The van der Waals surface area contributed by atoms with Crippen LogP contribution in [-0.4, -0.2) is 41.2 Å². The first kappa shape index (κ1) is 26.2. The van der Waals surface area contributed by atoms with Gasteiger partial charge < -0.3 is 4.74 Å². The highest BCUT2D eigenvalue weighted by molar-refractivity contribution is 7.10. The van der Waals surface area contributed by atoms with Gasteiger partial charge in [-0.05, 0) is 68.1 Å². The van der Waals surface area contributed by atoms with Crippen LogP contribution in [0.15, 0.2) is 47.8 Å². The smallest absolute Gasteiger partial charge is 0.357 e. The number of nitrogens with zero attached hydrogens (tertiary/aromatic N) is 3. The molecule has 5 nitrogen and oxygen atoms in total. The minimum absolute atomic E-state index is 0.113. The lowest BCUT2D eigenvalue weighted by Crippen LogP contribution is -2.53. The summed E-state index contributed by atoms with van der Waals surface area (Å²) in [5.74, 6) is -1.75. The predicted octanol–water partition coefficient (Wildman–Crippen LogP) is 6.54. The minimum Gasteiger partial charge on any atom is -0.461 e. The standard InChI is InChI=1S/C27H26ClF2N3O2S/c1-4-35-26(34)22-15-36-25(32-22)24(17-5-7-20(28)8-6-17)33-13-19(14-33)23(27(2,3)30)18-9-16(12-31)10-21(29)11-18/h5-11,15,19,23-24H,4,13-14H2,1-3H3/t23-,24-/m0/s1. The molecule has 0 radical (unpaired) electrons. The van der Waals surface area contributed by atoms with Crippen molar-refractivity contribution < 1.29 is 18.3 Å². The maximum Gasteiger partial charge on any atom is 0.357 e. The molecule has 36 heavy (non-hydrogen) atoms. The first-order chi connectivity index (χ1) is 17.1. The molecule has 1 fully saturated rings. The van der Waals surface area contributed by atoms with Crippen molar-refractivity contribution in [2.24, 2.45) is 5.92 Å². The monoisotopic (exact) mass is 529 g/mol. The Balaban J connectivity index is 1.64. The third kappa shape index (κ3) is 5.59. The Morgan fingerprint density at radius 1 is 1.28 bits per heavy atom. The van der Waals surface area contributed by atoms with Crippen molar-refractivity contribution in [3.8, 4) is 6.07 Å². The average molecular weight is 530 g/mol. The van der Waals surface area contributed by atoms with E-state index in [1.165, 1.54) is 31.3 Å². The molecule has 0 aliphatic carbocycles. The number of thiazole rings is 1. The zero-order valence-corrected chi connectivity index (χ0v) is 21.7. The molecule has 0 spiro atoms. The molecular formula is C27H26ClF2N3O2S. The van der Waals surface area contributed by atoms with Crippen LogP contribution in [0.25, 0.3) is 0 Å². The lowest BCUT2D eigenvalue weighted by molar-refractivity contribution is 0.00799. The molecule has 1 aliphatic heterocycles. The number of hydrogen-bond acceptors (Lipinski definition) is 6. The highest BCUT2D eigenvalue weighted by Gasteiger charge is 2.46. The molecule has 0 amide bonds. The number of hydrogen-bond donors (Lipinski definition) is 0. The molecule has 1 saturated heterocycles. The van der Waals surface area contributed by atoms with Crippen LogP contribution < -0.4 is 0 Å². The summed E-state index contributed by atoms with van der Waals surface area (Å²) in [5, 5.41) is 12.3. The predicted molar refractivity (Wildman–Crippen MR) is 135 cm³/mol. The first-order valence-electron chi connectivity index (χ1n) is 11.6. The van der Waals surface area contributed by atoms with E-state index in [4.69, 9.17) is 16.3 Å². The van der Waals surface area contributed by atoms with Gasteiger partial charge in [0, 0.05) is 29.4 Å². The van der Waals surface area contributed by atoms with E-state index >= 15 is 4.39 Å². The lowest BCUT2D eigenvalue weighted by atomic mass is 9.72. The molecule has 9 heteroatoms. The zero-order valence-electron chi connectivity index (χ0n) is 20.2. The first-order valence-corrected chi connectivity index (χ1v) is 12.9. The second-order valence-electron chi connectivity index (χ2n) is 9.39. The fourth-order valence-corrected chi connectivity index (χ4v) is 6.00. The highest BCUT2D eigenvalue weighted by atomic mass is 35.5. The number of likely N-dealkylation sites (tertiary alicyclic amines) is 1. The molecule has 2 atom stereocenters. The molecule has 188 valence electrons. The Hall–Kier alpha value is -2.86. The van der Waals surface area contributed by atoms with Crippen LogP contribution in [0.5, 0.6) is 0 Å². The quantitative estimate of drug-likeness (QED) is 0.310. The summed E-state index contributed by atoms with van der Waals surface area (Å²) in [4.78, 5) is 18.9. The summed E-state index contributed by atoms with van der Waals surface area (Å²) in [6.45, 7) is 6.02. The van der Waals surface area contributed by atoms with Gasteiger partial charge in [-0.2, -0.15) is 5.26 Å². The second kappa shape index (κ2) is 10.6. The number of nitriles is 1. The number of benzene rings is 2. The Labute approximate surface area is 218 Å². The molecule has 3 aromatic rings. The van der Waals surface area contributed by atoms with E-state index in [0.717, 1.165) is 11.6 Å². The van der Waals surface area contributed by atoms with Gasteiger partial charge >= 0.3 is 5.97 Å². The van der Waals surface area contributed by atoms with E-state index in [-0.39, 0.29) is 29.8 Å². The fourth-order valence-electron chi connectivity index (χ4n) is 4.92. The van der Waals surface area contributed by atoms with E-state index in [9.17, 15) is 14.4 Å². The number of aromatic nitrogens is 1. The normalized spacial score (nSPS) is 16.1. The Kier molecular flexibility index (Phi) is 7.74. The van der Waals surface area contributed by atoms with Crippen molar-refractivity contribution in [2.45, 2.75) is 38.4 Å². The van der Waals surface area contributed by atoms with Crippen LogP contribution in [0.2, 0.25) is 5.02 Å². The Morgan fingerprint density at radius 2 is 1.97 bits per heavy atom. The van der Waals surface area contributed by atoms with Crippen LogP contribution in [0.3, 0.4) is 0 Å². The summed E-state index contributed by atoms with van der Waals surface area (Å²) in [5.41, 5.74) is 0.204. The molecule has 4 rings (SSSR count). The van der Waals surface area contributed by atoms with Gasteiger partial charge in [-0.15, -0.1) is 11.3 Å². The van der Waals surface area contributed by atoms with Crippen molar-refractivity contribution in [3.63, 3.8) is 0 Å². The van der Waals surface area contributed by atoms with E-state index in [2.05, 4.69) is 9.88 Å². The van der Waals surface area contributed by atoms with Gasteiger partial charge in [-0.25, -0.2) is 18.6 Å². The molecule has 0 saturated carbocycles. The van der Waals surface area contributed by atoms with Gasteiger partial charge in [0.25, 0.3) is 0 Å². The Bertz CT molecular complexity index is 1280. The molecule has 1 aromatic heterocycles. The number of carbonyl (C=O) groups is 1. The van der Waals surface area contributed by atoms with Crippen molar-refractivity contribution in [3.05, 3.63) is 86.1 Å². The zero-order chi connectivity index (χ0) is 26.0. The van der Waals surface area contributed by atoms with Crippen LogP contribution in [0.4, 0.5) is 8.78 Å². The van der Waals surface area contributed by atoms with E-state index in [0.29, 0.717) is 28.7 Å². The number of esters is 1. The van der Waals surface area contributed by atoms with Crippen LogP contribution in [0, 0.1) is 23.1 Å². The third-order valence-electron chi connectivity index (χ3n) is 6.35. The molecule has 0 unspecified atom stereocenters. The van der Waals surface area contributed by atoms with Crippen LogP contribution in [-0.2, 0) is 4.74 Å². The number of alkyl halides is 1. The molecule has 0 N–H and O–H groups in total. The summed E-state index contributed by atoms with van der Waals surface area (Å²) < 4.78 is 34.8. The van der Waals surface area contributed by atoms with Gasteiger partial charge in [-0.3, -0.25) is 4.90 Å². The van der Waals surface area contributed by atoms with Gasteiger partial charge in [0.1, 0.15) is 16.5 Å². The van der Waals surface area contributed by atoms with Crippen molar-refractivity contribution in [2.75, 3.05) is 19.7 Å². The largest absolute Gasteiger partial charge is 0.461 e. The van der Waals surface area contributed by atoms with Gasteiger partial charge in [0.15, 0.2) is 5.69 Å². The summed E-state index contributed by atoms with van der Waals surface area (Å²) in [6.07, 6.45) is 0. The molecular weight excluding hydrogens is 504 g/mol. The molecule has 1 aliphatic rings. The van der Waals surface area contributed by atoms with E-state index in [1.807, 2.05) is 18.2 Å². The van der Waals surface area contributed by atoms with E-state index < -0.39 is 23.4 Å². The summed E-state index contributed by atoms with van der Waals surface area (Å²) in [7, 11) is 0. The maximum absolute atomic E-state index is 15.5. The minimum atomic E-state index is -1.63. The maximum atomic E-state index is 15.5. The number of rotatable bonds is 8. The average Bonchev–Trinajstić information content (AvgIpc) is 3.27. The summed E-state index contributed by atoms with van der Waals surface area (Å²) in [6, 6.07) is 13.1. The van der Waals surface area contributed by atoms with Gasteiger partial charge in [0.2, 0.25) is 0 Å². The van der Waals surface area contributed by atoms with Crippen LogP contribution >= 0.6 is 22.9 Å². The molecule has 2 heterocycles. The SMILES string of the molecule is CCOC(=O)c1csc([C@H](c2ccc(Cl)cc2)N2CC([C@H](c3cc(F)cc(C#N)c3)C(C)(C)F)C2)n1. The van der Waals surface area contributed by atoms with Crippen molar-refractivity contribution in [1.29, 1.82) is 5.26 Å². The Morgan fingerprint density at radius 3 is 2.58 bits per heavy atom. The summed E-state index contributed by atoms with van der Waals surface area (Å²) >= 11 is 7.47. The van der Waals surface area contributed by atoms with Crippen LogP contribution in [0.1, 0.15) is 64.9 Å². The van der Waals surface area contributed by atoms with Crippen molar-refractivity contribution >= 4 is 28.9 Å². The number of halogens is 3. The number of carbonyl (C=O) groups excluding carboxylic acids is 1. The highest BCUT2D eigenvalue weighted by Crippen LogP contribution is 2.46. The third-order valence-corrected chi connectivity index (χ3v) is 7.50. The lowest BCUT2D eigenvalue weighted by Gasteiger charge is -2.49. The van der Waals surface area contributed by atoms with Gasteiger partial charge in [-0.1, -0.05) is 23.7 Å². The number of ether oxygens (including phenoxy) is 1.